The molecule has 0 spiro atoms. The number of ether oxygens (including phenoxy) is 5. The fourth-order valence-corrected chi connectivity index (χ4v) is 5.15. The van der Waals surface area contributed by atoms with Crippen LogP contribution >= 0.6 is 7.82 Å². The second-order valence-electron chi connectivity index (χ2n) is 8.52. The standard InChI is InChI=1S/C26H30FO12P/c1-16(28)33-23-22(21(27)15-32-4)36-26(25(35-18(3)30)24(23)34-17(2)29)39-40(31,37-19-11-7-5-8-12-19)38-20-13-9-6-10-14-20/h5-14,21-26H,15H2,1-4H3/t21-,22+,23+,24-,25-,26-/m0/s1. The topological polar surface area (TPSA) is 142 Å². The first-order valence-corrected chi connectivity index (χ1v) is 13.5. The number of hydrogen-bond acceptors (Lipinski definition) is 12. The second kappa shape index (κ2) is 14.2. The highest BCUT2D eigenvalue weighted by Crippen LogP contribution is 2.52. The predicted molar refractivity (Wildman–Crippen MR) is 135 cm³/mol. The molecule has 1 aliphatic rings. The Morgan fingerprint density at radius 1 is 0.800 bits per heavy atom. The predicted octanol–water partition coefficient (Wildman–Crippen LogP) is 3.77. The molecular formula is C26H30FO12P. The van der Waals surface area contributed by atoms with E-state index in [0.29, 0.717) is 0 Å². The van der Waals surface area contributed by atoms with Gasteiger partial charge >= 0.3 is 25.7 Å². The maximum absolute atomic E-state index is 15.3. The molecule has 0 unspecified atom stereocenters. The van der Waals surface area contributed by atoms with Gasteiger partial charge in [0.15, 0.2) is 24.5 Å². The Kier molecular flexibility index (Phi) is 11.0. The number of hydrogen-bond donors (Lipinski definition) is 0. The molecule has 2 aromatic rings. The van der Waals surface area contributed by atoms with E-state index in [-0.39, 0.29) is 11.5 Å². The summed E-state index contributed by atoms with van der Waals surface area (Å²) in [6.07, 6.45) is -10.5. The van der Waals surface area contributed by atoms with Gasteiger partial charge < -0.3 is 32.7 Å². The summed E-state index contributed by atoms with van der Waals surface area (Å²) in [4.78, 5) is 36.0. The first-order valence-electron chi connectivity index (χ1n) is 12.1. The summed E-state index contributed by atoms with van der Waals surface area (Å²) >= 11 is 0. The minimum atomic E-state index is -4.71. The van der Waals surface area contributed by atoms with Gasteiger partial charge in [-0.3, -0.25) is 14.4 Å². The van der Waals surface area contributed by atoms with E-state index in [1.54, 1.807) is 36.4 Å². The summed E-state index contributed by atoms with van der Waals surface area (Å²) in [5.74, 6) is -2.49. The SMILES string of the molecule is COC[C@H](F)[C@H]1O[C@@H](OP(=O)(Oc2ccccc2)Oc2ccccc2)[C@@H](OC(C)=O)[C@@H](OC(C)=O)[C@@H]1OC(C)=O. The normalized spacial score (nSPS) is 23.4. The van der Waals surface area contributed by atoms with Crippen LogP contribution in [0, 0.1) is 0 Å². The Bertz CT molecular complexity index is 1140. The van der Waals surface area contributed by atoms with E-state index in [2.05, 4.69) is 0 Å². The minimum absolute atomic E-state index is 0.0789. The third-order valence-corrected chi connectivity index (χ3v) is 6.61. The third kappa shape index (κ3) is 8.75. The summed E-state index contributed by atoms with van der Waals surface area (Å²) in [6, 6.07) is 15.7. The maximum Gasteiger partial charge on any atom is 0.590 e. The Labute approximate surface area is 230 Å². The monoisotopic (exact) mass is 584 g/mol. The lowest BCUT2D eigenvalue weighted by Crippen LogP contribution is -2.64. The third-order valence-electron chi connectivity index (χ3n) is 5.27. The molecule has 2 aromatic carbocycles. The summed E-state index contributed by atoms with van der Waals surface area (Å²) in [7, 11) is -3.48. The molecule has 0 bridgehead atoms. The van der Waals surface area contributed by atoms with Crippen LogP contribution < -0.4 is 9.05 Å². The molecule has 12 nitrogen and oxygen atoms in total. The molecule has 0 amide bonds. The first kappa shape index (κ1) is 31.0. The fraction of sp³-hybridized carbons (Fsp3) is 0.423. The zero-order valence-electron chi connectivity index (χ0n) is 22.2. The molecule has 1 aliphatic heterocycles. The van der Waals surface area contributed by atoms with Crippen LogP contribution in [0.1, 0.15) is 20.8 Å². The summed E-state index contributed by atoms with van der Waals surface area (Å²) in [6.45, 7) is 2.60. The molecule has 6 atom stereocenters. The van der Waals surface area contributed by atoms with Gasteiger partial charge in [-0.2, -0.15) is 0 Å². The number of esters is 3. The molecule has 0 aliphatic carbocycles. The number of benzene rings is 2. The molecule has 0 radical (unpaired) electrons. The summed E-state index contributed by atoms with van der Waals surface area (Å²) in [5, 5.41) is 0. The van der Waals surface area contributed by atoms with E-state index in [9.17, 15) is 18.9 Å². The quantitative estimate of drug-likeness (QED) is 0.204. The molecule has 0 aromatic heterocycles. The molecule has 1 fully saturated rings. The lowest BCUT2D eigenvalue weighted by Gasteiger charge is -2.45. The molecule has 0 N–H and O–H groups in total. The molecular weight excluding hydrogens is 554 g/mol. The van der Waals surface area contributed by atoms with Crippen LogP contribution in [0.25, 0.3) is 0 Å². The van der Waals surface area contributed by atoms with Gasteiger partial charge in [-0.15, -0.1) is 0 Å². The van der Waals surface area contributed by atoms with Gasteiger partial charge in [0.05, 0.1) is 6.61 Å². The Balaban J connectivity index is 2.07. The maximum atomic E-state index is 15.3. The van der Waals surface area contributed by atoms with Gasteiger partial charge in [0.1, 0.15) is 17.6 Å². The summed E-state index contributed by atoms with van der Waals surface area (Å²) < 4.78 is 72.8. The fourth-order valence-electron chi connectivity index (χ4n) is 3.84. The van der Waals surface area contributed by atoms with Gasteiger partial charge in [0.25, 0.3) is 0 Å². The van der Waals surface area contributed by atoms with Crippen LogP contribution in [-0.2, 0) is 47.2 Å². The van der Waals surface area contributed by atoms with Crippen LogP contribution in [0.2, 0.25) is 0 Å². The second-order valence-corrected chi connectivity index (χ2v) is 9.99. The van der Waals surface area contributed by atoms with E-state index in [0.717, 1.165) is 20.8 Å². The van der Waals surface area contributed by atoms with Crippen LogP contribution in [0.3, 0.4) is 0 Å². The molecule has 0 saturated carbocycles. The van der Waals surface area contributed by atoms with Crippen molar-refractivity contribution < 1.29 is 60.6 Å². The number of carbonyl (C=O) groups is 3. The Morgan fingerprint density at radius 2 is 1.25 bits per heavy atom. The molecule has 14 heteroatoms. The smallest absolute Gasteiger partial charge is 0.456 e. The van der Waals surface area contributed by atoms with Crippen LogP contribution in [0.4, 0.5) is 4.39 Å². The highest BCUT2D eigenvalue weighted by molar-refractivity contribution is 7.49. The first-order chi connectivity index (χ1) is 19.0. The van der Waals surface area contributed by atoms with Crippen LogP contribution in [0.15, 0.2) is 60.7 Å². The Hall–Kier alpha value is -3.51. The van der Waals surface area contributed by atoms with E-state index in [1.807, 2.05) is 0 Å². The zero-order valence-corrected chi connectivity index (χ0v) is 23.1. The lowest BCUT2D eigenvalue weighted by atomic mass is 9.95. The van der Waals surface area contributed by atoms with Gasteiger partial charge in [-0.1, -0.05) is 36.4 Å². The van der Waals surface area contributed by atoms with E-state index in [4.69, 9.17) is 37.3 Å². The molecule has 218 valence electrons. The van der Waals surface area contributed by atoms with Crippen LogP contribution in [-0.4, -0.2) is 68.5 Å². The van der Waals surface area contributed by atoms with Gasteiger partial charge in [0.2, 0.25) is 6.29 Å². The van der Waals surface area contributed by atoms with Crippen molar-refractivity contribution in [2.24, 2.45) is 0 Å². The van der Waals surface area contributed by atoms with Crippen molar-refractivity contribution in [1.29, 1.82) is 0 Å². The lowest BCUT2D eigenvalue weighted by molar-refractivity contribution is -0.296. The molecule has 1 heterocycles. The number of rotatable bonds is 12. The molecule has 1 saturated heterocycles. The Morgan fingerprint density at radius 3 is 1.70 bits per heavy atom. The van der Waals surface area contributed by atoms with Crippen molar-refractivity contribution in [1.82, 2.24) is 0 Å². The van der Waals surface area contributed by atoms with Crippen molar-refractivity contribution in [2.45, 2.75) is 57.6 Å². The summed E-state index contributed by atoms with van der Waals surface area (Å²) in [5.41, 5.74) is 0. The number of alkyl halides is 1. The number of para-hydroxylation sites is 2. The number of halogens is 1. The van der Waals surface area contributed by atoms with Crippen molar-refractivity contribution in [3.05, 3.63) is 60.7 Å². The number of carbonyl (C=O) groups excluding carboxylic acids is 3. The van der Waals surface area contributed by atoms with E-state index in [1.165, 1.54) is 31.4 Å². The largest absolute Gasteiger partial charge is 0.590 e. The van der Waals surface area contributed by atoms with Crippen molar-refractivity contribution in [3.8, 4) is 11.5 Å². The molecule has 40 heavy (non-hydrogen) atoms. The van der Waals surface area contributed by atoms with Gasteiger partial charge in [0, 0.05) is 27.9 Å². The van der Waals surface area contributed by atoms with Crippen molar-refractivity contribution in [2.75, 3.05) is 13.7 Å². The minimum Gasteiger partial charge on any atom is -0.456 e. The highest BCUT2D eigenvalue weighted by atomic mass is 31.2. The average molecular weight is 584 g/mol. The number of methoxy groups -OCH3 is 1. The zero-order chi connectivity index (χ0) is 29.3. The molecule has 3 rings (SSSR count). The average Bonchev–Trinajstić information content (AvgIpc) is 2.87. The number of phosphoric acid groups is 1. The van der Waals surface area contributed by atoms with E-state index < -0.39 is 69.2 Å². The highest BCUT2D eigenvalue weighted by Gasteiger charge is 2.57. The van der Waals surface area contributed by atoms with E-state index >= 15 is 4.39 Å². The van der Waals surface area contributed by atoms with Gasteiger partial charge in [-0.25, -0.2) is 13.5 Å². The van der Waals surface area contributed by atoms with Crippen molar-refractivity contribution >= 4 is 25.7 Å². The van der Waals surface area contributed by atoms with Gasteiger partial charge in [-0.05, 0) is 24.3 Å². The number of phosphoric ester groups is 1. The van der Waals surface area contributed by atoms with Crippen LogP contribution in [0.5, 0.6) is 11.5 Å². The van der Waals surface area contributed by atoms with Crippen molar-refractivity contribution in [3.63, 3.8) is 0 Å².